The van der Waals surface area contributed by atoms with E-state index in [9.17, 15) is 9.90 Å². The molecule has 0 radical (unpaired) electrons. The minimum absolute atomic E-state index is 0.221. The Morgan fingerprint density at radius 2 is 2.24 bits per heavy atom. The van der Waals surface area contributed by atoms with Gasteiger partial charge in [-0.05, 0) is 47.7 Å². The number of ether oxygens (including phenoxy) is 2. The van der Waals surface area contributed by atoms with Gasteiger partial charge in [0.25, 0.3) is 5.88 Å². The molecular formula is C18H20N2O5. The number of aromatic nitrogens is 1. The van der Waals surface area contributed by atoms with Crippen molar-refractivity contribution in [1.29, 1.82) is 0 Å². The second kappa shape index (κ2) is 6.76. The molecule has 0 bridgehead atoms. The second-order valence-corrected chi connectivity index (χ2v) is 6.41. The van der Waals surface area contributed by atoms with Crippen molar-refractivity contribution in [2.45, 2.75) is 37.9 Å². The van der Waals surface area contributed by atoms with Crippen molar-refractivity contribution in [1.82, 2.24) is 5.16 Å². The monoisotopic (exact) mass is 344 g/mol. The maximum absolute atomic E-state index is 12.2. The van der Waals surface area contributed by atoms with E-state index in [-0.39, 0.29) is 18.8 Å². The van der Waals surface area contributed by atoms with Crippen molar-refractivity contribution in [2.24, 2.45) is 0 Å². The highest BCUT2D eigenvalue weighted by Gasteiger charge is 2.33. The van der Waals surface area contributed by atoms with E-state index in [4.69, 9.17) is 14.0 Å². The molecule has 1 aliphatic carbocycles. The number of fused-ring (bicyclic) bond motifs is 1. The minimum atomic E-state index is -0.416. The van der Waals surface area contributed by atoms with Crippen LogP contribution < -0.4 is 9.64 Å². The summed E-state index contributed by atoms with van der Waals surface area (Å²) in [5.74, 6) is 0.369. The van der Waals surface area contributed by atoms with Gasteiger partial charge in [-0.1, -0.05) is 12.5 Å². The Labute approximate surface area is 145 Å². The summed E-state index contributed by atoms with van der Waals surface area (Å²) < 4.78 is 15.5. The molecule has 1 saturated heterocycles. The average molecular weight is 344 g/mol. The van der Waals surface area contributed by atoms with Gasteiger partial charge in [0.2, 0.25) is 0 Å². The number of aryl methyl sites for hydroxylation is 1. The number of carbonyl (C=O) groups excluding carboxylic acids is 1. The predicted molar refractivity (Wildman–Crippen MR) is 88.6 cm³/mol. The van der Waals surface area contributed by atoms with Crippen LogP contribution in [0.25, 0.3) is 0 Å². The van der Waals surface area contributed by atoms with Crippen molar-refractivity contribution in [3.63, 3.8) is 0 Å². The van der Waals surface area contributed by atoms with Gasteiger partial charge < -0.3 is 19.1 Å². The molecule has 7 heteroatoms. The van der Waals surface area contributed by atoms with Crippen molar-refractivity contribution >= 4 is 11.8 Å². The average Bonchev–Trinajstić information content (AvgIpc) is 3.22. The zero-order valence-electron chi connectivity index (χ0n) is 13.8. The van der Waals surface area contributed by atoms with Gasteiger partial charge in [0.1, 0.15) is 12.9 Å². The molecule has 2 aromatic rings. The second-order valence-electron chi connectivity index (χ2n) is 6.41. The first kappa shape index (κ1) is 16.0. The summed E-state index contributed by atoms with van der Waals surface area (Å²) in [6, 6.07) is 7.39. The summed E-state index contributed by atoms with van der Waals surface area (Å²) in [6.45, 7) is 0.635. The van der Waals surface area contributed by atoms with Gasteiger partial charge in [0.15, 0.2) is 6.10 Å². The van der Waals surface area contributed by atoms with Crippen LogP contribution in [0.4, 0.5) is 10.5 Å². The van der Waals surface area contributed by atoms with Crippen LogP contribution in [0, 0.1) is 0 Å². The zero-order chi connectivity index (χ0) is 17.2. The molecule has 132 valence electrons. The molecule has 0 saturated carbocycles. The number of benzene rings is 1. The summed E-state index contributed by atoms with van der Waals surface area (Å²) in [7, 11) is 0. The van der Waals surface area contributed by atoms with Crippen molar-refractivity contribution in [3.8, 4) is 5.88 Å². The van der Waals surface area contributed by atoms with Gasteiger partial charge >= 0.3 is 6.09 Å². The van der Waals surface area contributed by atoms with Gasteiger partial charge in [0, 0.05) is 11.8 Å². The number of hydrogen-bond donors (Lipinski definition) is 1. The lowest BCUT2D eigenvalue weighted by Crippen LogP contribution is -2.26. The number of hydrogen-bond acceptors (Lipinski definition) is 6. The number of rotatable bonds is 4. The van der Waals surface area contributed by atoms with Crippen LogP contribution in [0.5, 0.6) is 5.88 Å². The van der Waals surface area contributed by atoms with E-state index < -0.39 is 6.10 Å². The molecule has 7 nitrogen and oxygen atoms in total. The van der Waals surface area contributed by atoms with E-state index in [0.717, 1.165) is 42.5 Å². The van der Waals surface area contributed by atoms with E-state index in [1.54, 1.807) is 11.0 Å². The first-order valence-electron chi connectivity index (χ1n) is 8.53. The van der Waals surface area contributed by atoms with Gasteiger partial charge in [-0.2, -0.15) is 0 Å². The van der Waals surface area contributed by atoms with Gasteiger partial charge in [0.05, 0.1) is 12.6 Å². The number of aliphatic hydroxyl groups is 1. The first-order valence-corrected chi connectivity index (χ1v) is 8.53. The first-order chi connectivity index (χ1) is 12.2. The third-order valence-corrected chi connectivity index (χ3v) is 4.68. The molecule has 1 aromatic carbocycles. The Hall–Kier alpha value is -2.54. The highest BCUT2D eigenvalue weighted by molar-refractivity contribution is 5.89. The molecule has 1 aliphatic heterocycles. The number of amides is 1. The van der Waals surface area contributed by atoms with E-state index >= 15 is 0 Å². The largest absolute Gasteiger partial charge is 0.471 e. The van der Waals surface area contributed by atoms with Crippen LogP contribution in [-0.2, 0) is 11.2 Å². The molecule has 0 spiro atoms. The quantitative estimate of drug-likeness (QED) is 0.859. The Bertz CT molecular complexity index is 746. The maximum atomic E-state index is 12.2. The highest BCUT2D eigenvalue weighted by Crippen LogP contribution is 2.32. The molecule has 2 aliphatic rings. The minimum Gasteiger partial charge on any atom is -0.471 e. The lowest BCUT2D eigenvalue weighted by molar-refractivity contribution is 0.102. The third kappa shape index (κ3) is 3.32. The van der Waals surface area contributed by atoms with Gasteiger partial charge in [-0.15, -0.1) is 0 Å². The fourth-order valence-electron chi connectivity index (χ4n) is 3.38. The summed E-state index contributed by atoms with van der Waals surface area (Å²) in [6.07, 6.45) is 4.02. The smallest absolute Gasteiger partial charge is 0.414 e. The van der Waals surface area contributed by atoms with Crippen LogP contribution in [0.3, 0.4) is 0 Å². The Balaban J connectivity index is 1.46. The molecular weight excluding hydrogens is 324 g/mol. The molecule has 4 rings (SSSR count). The molecule has 25 heavy (non-hydrogen) atoms. The molecule has 1 unspecified atom stereocenters. The van der Waals surface area contributed by atoms with Crippen LogP contribution in [0.1, 0.15) is 36.5 Å². The van der Waals surface area contributed by atoms with E-state index in [0.29, 0.717) is 12.4 Å². The summed E-state index contributed by atoms with van der Waals surface area (Å²) >= 11 is 0. The van der Waals surface area contributed by atoms with Crippen LogP contribution >= 0.6 is 0 Å². The number of anilines is 1. The lowest BCUT2D eigenvalue weighted by atomic mass is 10.00. The normalized spacial score (nSPS) is 23.1. The fourth-order valence-corrected chi connectivity index (χ4v) is 3.38. The highest BCUT2D eigenvalue weighted by atomic mass is 16.6. The summed E-state index contributed by atoms with van der Waals surface area (Å²) in [5, 5.41) is 13.9. The SMILES string of the molecule is O=C1O[C@@H](COc2ccon2)CN1c1ccc2c(c1)CCCCC2O. The molecule has 1 fully saturated rings. The topological polar surface area (TPSA) is 85.0 Å². The van der Waals surface area contributed by atoms with Gasteiger partial charge in [-0.25, -0.2) is 4.79 Å². The Morgan fingerprint density at radius 1 is 1.32 bits per heavy atom. The standard InChI is InChI=1S/C18H20N2O5/c21-16-4-2-1-3-12-9-13(5-6-15(12)16)20-10-14(25-18(20)22)11-23-17-7-8-24-19-17/h5-9,14,16,21H,1-4,10-11H2/t14-,16?/m1/s1. The lowest BCUT2D eigenvalue weighted by Gasteiger charge is -2.17. The number of aliphatic hydroxyl groups excluding tert-OH is 1. The van der Waals surface area contributed by atoms with E-state index in [1.165, 1.54) is 6.26 Å². The van der Waals surface area contributed by atoms with Crippen LogP contribution in [-0.4, -0.2) is 35.6 Å². The molecule has 1 aromatic heterocycles. The fraction of sp³-hybridized carbons (Fsp3) is 0.444. The Morgan fingerprint density at radius 3 is 3.08 bits per heavy atom. The summed E-state index contributed by atoms with van der Waals surface area (Å²) in [4.78, 5) is 13.8. The van der Waals surface area contributed by atoms with Gasteiger partial charge in [-0.3, -0.25) is 4.90 Å². The molecule has 1 amide bonds. The zero-order valence-corrected chi connectivity index (χ0v) is 13.8. The van der Waals surface area contributed by atoms with Crippen LogP contribution in [0.15, 0.2) is 35.1 Å². The van der Waals surface area contributed by atoms with Crippen molar-refractivity contribution in [2.75, 3.05) is 18.1 Å². The van der Waals surface area contributed by atoms with Crippen molar-refractivity contribution in [3.05, 3.63) is 41.7 Å². The number of carbonyl (C=O) groups is 1. The molecule has 1 N–H and O–H groups in total. The Kier molecular flexibility index (Phi) is 4.31. The van der Waals surface area contributed by atoms with Crippen LogP contribution in [0.2, 0.25) is 0 Å². The molecule has 2 heterocycles. The third-order valence-electron chi connectivity index (χ3n) is 4.68. The van der Waals surface area contributed by atoms with E-state index in [1.807, 2.05) is 18.2 Å². The predicted octanol–water partition coefficient (Wildman–Crippen LogP) is 2.84. The van der Waals surface area contributed by atoms with E-state index in [2.05, 4.69) is 5.16 Å². The molecule has 2 atom stereocenters. The maximum Gasteiger partial charge on any atom is 0.414 e. The van der Waals surface area contributed by atoms with Crippen molar-refractivity contribution < 1.29 is 23.9 Å². The summed E-state index contributed by atoms with van der Waals surface area (Å²) in [5.41, 5.74) is 2.87. The number of cyclic esters (lactones) is 1. The number of nitrogens with zero attached hydrogens (tertiary/aromatic N) is 2.